The second-order valence-electron chi connectivity index (χ2n) is 11.8. The number of aliphatic hydroxyl groups excluding tert-OH is 1. The zero-order chi connectivity index (χ0) is 32.4. The molecule has 0 spiro atoms. The first-order valence-corrected chi connectivity index (χ1v) is 14.6. The number of carbonyl (C=O) groups is 3. The van der Waals surface area contributed by atoms with Crippen LogP contribution in [0.15, 0.2) is 18.2 Å². The molecule has 1 unspecified atom stereocenters. The molecule has 2 aliphatic carbocycles. The van der Waals surface area contributed by atoms with Gasteiger partial charge in [-0.2, -0.15) is 0 Å². The minimum Gasteiger partial charge on any atom is -0.507 e. The van der Waals surface area contributed by atoms with E-state index in [0.717, 1.165) is 0 Å². The summed E-state index contributed by atoms with van der Waals surface area (Å²) in [4.78, 5) is 41.7. The van der Waals surface area contributed by atoms with E-state index in [4.69, 9.17) is 23.7 Å². The number of carboxylic acid groups (broad SMARTS) is 1. The van der Waals surface area contributed by atoms with Gasteiger partial charge in [0.2, 0.25) is 5.78 Å². The number of hydrogen-bond acceptors (Lipinski definition) is 13. The smallest absolute Gasteiger partial charge is 0.336 e. The normalized spacial score (nSPS) is 31.6. The number of fused-ring (bicyclic) bond motifs is 3. The van der Waals surface area contributed by atoms with Crippen LogP contribution >= 0.6 is 0 Å². The molecule has 242 valence electrons. The van der Waals surface area contributed by atoms with E-state index in [1.54, 1.807) is 6.92 Å². The Hall–Kier alpha value is -3.63. The topological polar surface area (TPSA) is 202 Å². The number of ketones is 2. The standard InChI is InChI=1S/C31H35NO13/c1-13-25(33)16(32-7-8-43-20(12-32)42-3)9-19(44-13)45-18-11-31(40,30(38)39)10-15-22(18)29(37)24-23(27(15)35)26(34)14-5-4-6-17(41-2)21(14)28(24)36/h4-6,13,16,18-20,25,33,35,37,40H,7-12H2,1-3H3,(H,38,39)/t13-,16?,18-,19-,20-,25+,31-/m0/s1. The van der Waals surface area contributed by atoms with Crippen LogP contribution in [0.1, 0.15) is 68.8 Å². The lowest BCUT2D eigenvalue weighted by Crippen LogP contribution is -2.59. The highest BCUT2D eigenvalue weighted by molar-refractivity contribution is 6.31. The van der Waals surface area contributed by atoms with E-state index >= 15 is 0 Å². The Labute approximate surface area is 257 Å². The number of hydrogen-bond donors (Lipinski definition) is 5. The van der Waals surface area contributed by atoms with Crippen LogP contribution in [0.4, 0.5) is 0 Å². The molecule has 0 aromatic heterocycles. The van der Waals surface area contributed by atoms with E-state index in [9.17, 15) is 39.9 Å². The largest absolute Gasteiger partial charge is 0.507 e. The van der Waals surface area contributed by atoms with Crippen LogP contribution in [0, 0.1) is 0 Å². The van der Waals surface area contributed by atoms with Crippen molar-refractivity contribution in [2.24, 2.45) is 0 Å². The van der Waals surface area contributed by atoms with Gasteiger partial charge in [-0.15, -0.1) is 0 Å². The maximum atomic E-state index is 13.8. The van der Waals surface area contributed by atoms with Crippen molar-refractivity contribution >= 4 is 17.5 Å². The van der Waals surface area contributed by atoms with Crippen molar-refractivity contribution in [3.05, 3.63) is 51.6 Å². The Morgan fingerprint density at radius 2 is 1.80 bits per heavy atom. The van der Waals surface area contributed by atoms with Crippen LogP contribution in [0.25, 0.3) is 0 Å². The molecule has 0 radical (unpaired) electrons. The van der Waals surface area contributed by atoms with Gasteiger partial charge < -0.3 is 49.2 Å². The number of morpholine rings is 1. The maximum Gasteiger partial charge on any atom is 0.336 e. The van der Waals surface area contributed by atoms with Gasteiger partial charge in [-0.25, -0.2) is 4.79 Å². The van der Waals surface area contributed by atoms with Crippen LogP contribution in [-0.4, -0.2) is 118 Å². The quantitative estimate of drug-likeness (QED) is 0.240. The van der Waals surface area contributed by atoms with Crippen molar-refractivity contribution in [3.8, 4) is 17.2 Å². The zero-order valence-electron chi connectivity index (χ0n) is 24.9. The number of carbonyl (C=O) groups excluding carboxylic acids is 2. The molecule has 5 N–H and O–H groups in total. The number of aliphatic hydroxyl groups is 2. The minimum absolute atomic E-state index is 0.0633. The second-order valence-corrected chi connectivity index (χ2v) is 11.8. The van der Waals surface area contributed by atoms with Gasteiger partial charge in [-0.3, -0.25) is 14.5 Å². The fourth-order valence-corrected chi connectivity index (χ4v) is 6.94. The van der Waals surface area contributed by atoms with Crippen LogP contribution < -0.4 is 4.74 Å². The van der Waals surface area contributed by atoms with Crippen molar-refractivity contribution in [2.45, 2.75) is 68.7 Å². The summed E-state index contributed by atoms with van der Waals surface area (Å²) >= 11 is 0. The van der Waals surface area contributed by atoms with E-state index in [1.807, 2.05) is 4.90 Å². The summed E-state index contributed by atoms with van der Waals surface area (Å²) in [6.07, 6.45) is -5.77. The molecule has 2 aliphatic heterocycles. The third-order valence-corrected chi connectivity index (χ3v) is 9.26. The van der Waals surface area contributed by atoms with Crippen molar-refractivity contribution in [2.75, 3.05) is 33.9 Å². The Morgan fingerprint density at radius 1 is 1.07 bits per heavy atom. The minimum atomic E-state index is -2.46. The highest BCUT2D eigenvalue weighted by Gasteiger charge is 2.51. The summed E-state index contributed by atoms with van der Waals surface area (Å²) in [5.41, 5.74) is -3.98. The third-order valence-electron chi connectivity index (χ3n) is 9.26. The Balaban J connectivity index is 1.42. The number of nitrogens with zero attached hydrogens (tertiary/aromatic N) is 1. The zero-order valence-corrected chi connectivity index (χ0v) is 24.9. The molecule has 45 heavy (non-hydrogen) atoms. The molecule has 2 aromatic rings. The van der Waals surface area contributed by atoms with Gasteiger partial charge in [0.1, 0.15) is 17.2 Å². The second kappa shape index (κ2) is 11.6. The van der Waals surface area contributed by atoms with Crippen molar-refractivity contribution in [1.29, 1.82) is 0 Å². The first-order chi connectivity index (χ1) is 21.4. The van der Waals surface area contributed by atoms with E-state index in [-0.39, 0.29) is 34.4 Å². The average Bonchev–Trinajstić information content (AvgIpc) is 3.02. The lowest BCUT2D eigenvalue weighted by Gasteiger charge is -2.46. The molecular weight excluding hydrogens is 594 g/mol. The number of aliphatic carboxylic acids is 1. The van der Waals surface area contributed by atoms with E-state index in [2.05, 4.69) is 0 Å². The first-order valence-electron chi connectivity index (χ1n) is 14.6. The van der Waals surface area contributed by atoms with E-state index in [1.165, 1.54) is 32.4 Å². The predicted octanol–water partition coefficient (Wildman–Crippen LogP) is 0.870. The lowest BCUT2D eigenvalue weighted by atomic mass is 9.73. The maximum absolute atomic E-state index is 13.8. The van der Waals surface area contributed by atoms with Crippen LogP contribution in [0.5, 0.6) is 17.2 Å². The number of phenols is 2. The molecule has 2 heterocycles. The van der Waals surface area contributed by atoms with Gasteiger partial charge >= 0.3 is 5.97 Å². The number of phenolic OH excluding ortho intramolecular Hbond substituents is 2. The highest BCUT2D eigenvalue weighted by Crippen LogP contribution is 2.52. The molecule has 2 fully saturated rings. The van der Waals surface area contributed by atoms with Gasteiger partial charge in [0.25, 0.3) is 0 Å². The van der Waals surface area contributed by atoms with Crippen molar-refractivity contribution in [1.82, 2.24) is 4.90 Å². The van der Waals surface area contributed by atoms with Gasteiger partial charge in [-0.05, 0) is 13.0 Å². The van der Waals surface area contributed by atoms with Gasteiger partial charge in [-0.1, -0.05) is 12.1 Å². The summed E-state index contributed by atoms with van der Waals surface area (Å²) in [5.74, 6) is -4.49. The lowest BCUT2D eigenvalue weighted by molar-refractivity contribution is -0.267. The molecule has 2 saturated heterocycles. The molecule has 0 bridgehead atoms. The molecule has 2 aromatic carbocycles. The number of methoxy groups -OCH3 is 2. The Bertz CT molecular complexity index is 1560. The summed E-state index contributed by atoms with van der Waals surface area (Å²) in [6.45, 7) is 2.88. The van der Waals surface area contributed by atoms with Crippen molar-refractivity contribution < 1.29 is 63.6 Å². The van der Waals surface area contributed by atoms with E-state index in [0.29, 0.717) is 19.7 Å². The first kappa shape index (κ1) is 31.4. The van der Waals surface area contributed by atoms with Gasteiger partial charge in [0, 0.05) is 62.2 Å². The summed E-state index contributed by atoms with van der Waals surface area (Å²) in [7, 11) is 2.84. The van der Waals surface area contributed by atoms with Crippen LogP contribution in [0.2, 0.25) is 0 Å². The Kier molecular flexibility index (Phi) is 8.10. The molecular formula is C31H35NO13. The predicted molar refractivity (Wildman–Crippen MR) is 151 cm³/mol. The molecule has 7 atom stereocenters. The molecule has 14 nitrogen and oxygen atoms in total. The Morgan fingerprint density at radius 3 is 2.49 bits per heavy atom. The monoisotopic (exact) mass is 629 g/mol. The molecule has 0 saturated carbocycles. The SMILES string of the molecule is COc1cccc2c1C(=O)c1c(O)c3c(c(O)c1C2=O)C[C@@](O)(C(=O)O)C[C@@H]3O[C@H]1CC(N2CCO[C@H](OC)C2)[C@H](O)[C@H](C)O1. The number of rotatable bonds is 6. The van der Waals surface area contributed by atoms with Gasteiger partial charge in [0.15, 0.2) is 24.0 Å². The fraction of sp³-hybridized carbons (Fsp3) is 0.516. The van der Waals surface area contributed by atoms with Gasteiger partial charge in [0.05, 0.1) is 48.7 Å². The fourth-order valence-electron chi connectivity index (χ4n) is 6.94. The summed E-state index contributed by atoms with van der Waals surface area (Å²) in [5, 5.41) is 55.3. The van der Waals surface area contributed by atoms with E-state index < -0.39 is 95.5 Å². The number of ether oxygens (including phenoxy) is 5. The third kappa shape index (κ3) is 5.06. The summed E-state index contributed by atoms with van der Waals surface area (Å²) < 4.78 is 28.4. The number of carboxylic acids is 1. The molecule has 0 amide bonds. The van der Waals surface area contributed by atoms with Crippen LogP contribution in [0.3, 0.4) is 0 Å². The number of benzene rings is 2. The number of aromatic hydroxyl groups is 2. The van der Waals surface area contributed by atoms with Crippen LogP contribution in [-0.2, 0) is 30.2 Å². The van der Waals surface area contributed by atoms with Crippen molar-refractivity contribution in [3.63, 3.8) is 0 Å². The highest BCUT2D eigenvalue weighted by atomic mass is 16.7. The molecule has 4 aliphatic rings. The molecule has 14 heteroatoms. The summed E-state index contributed by atoms with van der Waals surface area (Å²) in [6, 6.07) is 3.89. The average molecular weight is 630 g/mol. The molecule has 6 rings (SSSR count).